The topological polar surface area (TPSA) is 75.0 Å². The molecule has 1 aromatic carbocycles. The van der Waals surface area contributed by atoms with Gasteiger partial charge in [-0.3, -0.25) is 9.89 Å². The minimum absolute atomic E-state index is 0.0520. The van der Waals surface area contributed by atoms with Crippen LogP contribution in [0.1, 0.15) is 46.3 Å². The van der Waals surface area contributed by atoms with Gasteiger partial charge in [0.05, 0.1) is 6.20 Å². The smallest absolute Gasteiger partial charge is 0.276 e. The molecule has 3 aromatic rings. The van der Waals surface area contributed by atoms with Gasteiger partial charge < -0.3 is 9.42 Å². The molecule has 26 heavy (non-hydrogen) atoms. The maximum absolute atomic E-state index is 12.5. The van der Waals surface area contributed by atoms with E-state index < -0.39 is 0 Å². The first-order valence-electron chi connectivity index (χ1n) is 8.94. The Hall–Kier alpha value is -2.89. The minimum atomic E-state index is -0.0520. The summed E-state index contributed by atoms with van der Waals surface area (Å²) in [5, 5.41) is 11.3. The van der Waals surface area contributed by atoms with Crippen LogP contribution >= 0.6 is 0 Å². The van der Waals surface area contributed by atoms with Crippen molar-refractivity contribution in [3.05, 3.63) is 59.2 Å². The van der Waals surface area contributed by atoms with Crippen molar-refractivity contribution in [2.24, 2.45) is 0 Å². The van der Waals surface area contributed by atoms with Crippen LogP contribution < -0.4 is 0 Å². The Morgan fingerprint density at radius 2 is 2.04 bits per heavy atom. The van der Waals surface area contributed by atoms with Gasteiger partial charge in [-0.05, 0) is 32.3 Å². The largest absolute Gasteiger partial charge is 0.361 e. The fraction of sp³-hybridized carbons (Fsp3) is 0.350. The summed E-state index contributed by atoms with van der Waals surface area (Å²) in [7, 11) is 0. The summed E-state index contributed by atoms with van der Waals surface area (Å²) < 4.78 is 5.02. The van der Waals surface area contributed by atoms with Crippen LogP contribution in [-0.4, -0.2) is 39.3 Å². The quantitative estimate of drug-likeness (QED) is 0.781. The zero-order valence-corrected chi connectivity index (χ0v) is 15.0. The van der Waals surface area contributed by atoms with Crippen LogP contribution in [0.25, 0.3) is 11.1 Å². The predicted octanol–water partition coefficient (Wildman–Crippen LogP) is 3.70. The molecular formula is C20H22N4O2. The van der Waals surface area contributed by atoms with Crippen LogP contribution in [0.4, 0.5) is 0 Å². The van der Waals surface area contributed by atoms with Crippen LogP contribution in [-0.2, 0) is 0 Å². The number of likely N-dealkylation sites (tertiary alicyclic amines) is 1. The number of hydrogen-bond acceptors (Lipinski definition) is 4. The van der Waals surface area contributed by atoms with E-state index in [1.165, 1.54) is 16.8 Å². The van der Waals surface area contributed by atoms with Crippen molar-refractivity contribution in [3.63, 3.8) is 0 Å². The first kappa shape index (κ1) is 16.6. The molecule has 1 saturated heterocycles. The monoisotopic (exact) mass is 350 g/mol. The third-order valence-corrected chi connectivity index (χ3v) is 5.04. The van der Waals surface area contributed by atoms with Crippen molar-refractivity contribution in [1.29, 1.82) is 0 Å². The number of rotatable bonds is 3. The third kappa shape index (κ3) is 3.14. The summed E-state index contributed by atoms with van der Waals surface area (Å²) in [5.41, 5.74) is 5.14. The highest BCUT2D eigenvalue weighted by atomic mass is 16.5. The molecule has 6 heteroatoms. The van der Waals surface area contributed by atoms with Gasteiger partial charge in [0.25, 0.3) is 5.91 Å². The molecular weight excluding hydrogens is 328 g/mol. The summed E-state index contributed by atoms with van der Waals surface area (Å²) in [6.45, 7) is 5.31. The molecule has 1 fully saturated rings. The molecule has 4 rings (SSSR count). The standard InChI is InChI=1S/C20H22N4O2/c1-13-4-3-5-16(10-13)17-12-21-22-19(17)15-6-8-24(9-7-15)20(25)18-11-14(2)26-23-18/h3-5,10-12,15H,6-9H2,1-2H3,(H,21,22). The molecule has 0 spiro atoms. The van der Waals surface area contributed by atoms with Gasteiger partial charge in [0.15, 0.2) is 5.69 Å². The molecule has 0 saturated carbocycles. The number of hydrogen-bond donors (Lipinski definition) is 1. The molecule has 0 atom stereocenters. The highest BCUT2D eigenvalue weighted by Crippen LogP contribution is 2.34. The average molecular weight is 350 g/mol. The fourth-order valence-electron chi connectivity index (χ4n) is 3.65. The zero-order chi connectivity index (χ0) is 18.1. The molecule has 1 aliphatic rings. The maximum atomic E-state index is 12.5. The molecule has 134 valence electrons. The van der Waals surface area contributed by atoms with Gasteiger partial charge in [0.1, 0.15) is 5.76 Å². The summed E-state index contributed by atoms with van der Waals surface area (Å²) >= 11 is 0. The van der Waals surface area contributed by atoms with Crippen molar-refractivity contribution < 1.29 is 9.32 Å². The van der Waals surface area contributed by atoms with Crippen LogP contribution in [0.3, 0.4) is 0 Å². The number of carbonyl (C=O) groups excluding carboxylic acids is 1. The lowest BCUT2D eigenvalue weighted by molar-refractivity contribution is 0.0701. The normalized spacial score (nSPS) is 15.4. The molecule has 6 nitrogen and oxygen atoms in total. The van der Waals surface area contributed by atoms with Gasteiger partial charge in [0.2, 0.25) is 0 Å². The Balaban J connectivity index is 1.47. The lowest BCUT2D eigenvalue weighted by Crippen LogP contribution is -2.38. The summed E-state index contributed by atoms with van der Waals surface area (Å²) in [6, 6.07) is 10.2. The number of aromatic amines is 1. The number of carbonyl (C=O) groups is 1. The van der Waals surface area contributed by atoms with Crippen LogP contribution in [0, 0.1) is 13.8 Å². The van der Waals surface area contributed by atoms with Crippen molar-refractivity contribution in [3.8, 4) is 11.1 Å². The van der Waals surface area contributed by atoms with Gasteiger partial charge in [-0.2, -0.15) is 5.10 Å². The molecule has 3 heterocycles. The Kier molecular flexibility index (Phi) is 4.32. The van der Waals surface area contributed by atoms with Crippen molar-refractivity contribution in [1.82, 2.24) is 20.3 Å². The van der Waals surface area contributed by atoms with E-state index in [2.05, 4.69) is 46.5 Å². The number of amides is 1. The molecule has 2 aromatic heterocycles. The van der Waals surface area contributed by atoms with Crippen molar-refractivity contribution >= 4 is 5.91 Å². The van der Waals surface area contributed by atoms with E-state index in [-0.39, 0.29) is 5.91 Å². The number of nitrogens with zero attached hydrogens (tertiary/aromatic N) is 3. The van der Waals surface area contributed by atoms with Gasteiger partial charge in [-0.15, -0.1) is 0 Å². The van der Waals surface area contributed by atoms with E-state index in [0.29, 0.717) is 30.5 Å². The van der Waals surface area contributed by atoms with Gasteiger partial charge >= 0.3 is 0 Å². The second-order valence-corrected chi connectivity index (χ2v) is 6.96. The molecule has 0 unspecified atom stereocenters. The van der Waals surface area contributed by atoms with Crippen LogP contribution in [0.15, 0.2) is 41.1 Å². The van der Waals surface area contributed by atoms with Crippen LogP contribution in [0.2, 0.25) is 0 Å². The fourth-order valence-corrected chi connectivity index (χ4v) is 3.65. The van der Waals surface area contributed by atoms with E-state index in [4.69, 9.17) is 4.52 Å². The lowest BCUT2D eigenvalue weighted by Gasteiger charge is -2.31. The number of nitrogens with one attached hydrogen (secondary N) is 1. The van der Waals surface area contributed by atoms with E-state index in [1.54, 1.807) is 13.0 Å². The Morgan fingerprint density at radius 3 is 2.73 bits per heavy atom. The number of piperidine rings is 1. The van der Waals surface area contributed by atoms with Gasteiger partial charge in [-0.1, -0.05) is 35.0 Å². The molecule has 1 aliphatic heterocycles. The number of aryl methyl sites for hydroxylation is 2. The first-order chi connectivity index (χ1) is 12.6. The molecule has 1 N–H and O–H groups in total. The highest BCUT2D eigenvalue weighted by Gasteiger charge is 2.28. The molecule has 1 amide bonds. The van der Waals surface area contributed by atoms with Crippen molar-refractivity contribution in [2.45, 2.75) is 32.6 Å². The van der Waals surface area contributed by atoms with E-state index in [1.807, 2.05) is 11.1 Å². The molecule has 0 bridgehead atoms. The minimum Gasteiger partial charge on any atom is -0.361 e. The number of aromatic nitrogens is 3. The number of benzene rings is 1. The second-order valence-electron chi connectivity index (χ2n) is 6.96. The third-order valence-electron chi connectivity index (χ3n) is 5.04. The van der Waals surface area contributed by atoms with Gasteiger partial charge in [0, 0.05) is 36.3 Å². The average Bonchev–Trinajstić information content (AvgIpc) is 3.30. The Morgan fingerprint density at radius 1 is 1.23 bits per heavy atom. The Bertz CT molecular complexity index is 919. The first-order valence-corrected chi connectivity index (χ1v) is 8.94. The second kappa shape index (κ2) is 6.78. The lowest BCUT2D eigenvalue weighted by atomic mass is 9.89. The van der Waals surface area contributed by atoms with E-state index in [0.717, 1.165) is 18.4 Å². The SMILES string of the molecule is Cc1cccc(-c2cn[nH]c2C2CCN(C(=O)c3cc(C)on3)CC2)c1. The summed E-state index contributed by atoms with van der Waals surface area (Å²) in [4.78, 5) is 14.4. The highest BCUT2D eigenvalue weighted by molar-refractivity contribution is 5.92. The van der Waals surface area contributed by atoms with Gasteiger partial charge in [-0.25, -0.2) is 0 Å². The van der Waals surface area contributed by atoms with Crippen LogP contribution in [0.5, 0.6) is 0 Å². The predicted molar refractivity (Wildman–Crippen MR) is 97.9 cm³/mol. The zero-order valence-electron chi connectivity index (χ0n) is 15.0. The maximum Gasteiger partial charge on any atom is 0.276 e. The van der Waals surface area contributed by atoms with Crippen molar-refractivity contribution in [2.75, 3.05) is 13.1 Å². The molecule has 0 radical (unpaired) electrons. The Labute approximate surface area is 152 Å². The number of H-pyrrole nitrogens is 1. The molecule has 0 aliphatic carbocycles. The summed E-state index contributed by atoms with van der Waals surface area (Å²) in [6.07, 6.45) is 3.72. The van der Waals surface area contributed by atoms with E-state index in [9.17, 15) is 4.79 Å². The summed E-state index contributed by atoms with van der Waals surface area (Å²) in [5.74, 6) is 0.975. The van der Waals surface area contributed by atoms with E-state index >= 15 is 0 Å².